The Bertz CT molecular complexity index is 346. The van der Waals surface area contributed by atoms with Crippen molar-refractivity contribution in [2.75, 3.05) is 26.2 Å². The monoisotopic (exact) mass is 248 g/mol. The molecule has 100 valence electrons. The Hall–Kier alpha value is -1.06. The maximum Gasteiger partial charge on any atom is 0.119 e. The van der Waals surface area contributed by atoms with Crippen molar-refractivity contribution >= 4 is 0 Å². The zero-order valence-electron chi connectivity index (χ0n) is 11.2. The Labute approximate surface area is 110 Å². The fraction of sp³-hybridized carbons (Fsp3) is 0.600. The number of ether oxygens (including phenoxy) is 1. The minimum atomic E-state index is 0.654. The average molecular weight is 248 g/mol. The van der Waals surface area contributed by atoms with Crippen LogP contribution in [0.3, 0.4) is 0 Å². The minimum Gasteiger partial charge on any atom is -0.492 e. The number of hydrogen-bond donors (Lipinski definition) is 2. The van der Waals surface area contributed by atoms with Crippen LogP contribution in [0, 0.1) is 6.92 Å². The highest BCUT2D eigenvalue weighted by Crippen LogP contribution is 2.12. The fourth-order valence-corrected chi connectivity index (χ4v) is 2.36. The van der Waals surface area contributed by atoms with Crippen LogP contribution in [0.15, 0.2) is 24.3 Å². The largest absolute Gasteiger partial charge is 0.492 e. The third-order valence-electron chi connectivity index (χ3n) is 3.37. The molecule has 0 bridgehead atoms. The molecule has 3 heteroatoms. The Morgan fingerprint density at radius 1 is 1.33 bits per heavy atom. The van der Waals surface area contributed by atoms with E-state index in [1.165, 1.54) is 24.8 Å². The summed E-state index contributed by atoms with van der Waals surface area (Å²) in [6.45, 7) is 6.06. The lowest BCUT2D eigenvalue weighted by molar-refractivity contribution is 0.301. The quantitative estimate of drug-likeness (QED) is 0.783. The Morgan fingerprint density at radius 2 is 2.28 bits per heavy atom. The smallest absolute Gasteiger partial charge is 0.119 e. The zero-order valence-corrected chi connectivity index (χ0v) is 11.2. The molecule has 1 aromatic carbocycles. The lowest BCUT2D eigenvalue weighted by Crippen LogP contribution is -2.33. The highest BCUT2D eigenvalue weighted by atomic mass is 16.5. The van der Waals surface area contributed by atoms with E-state index in [0.717, 1.165) is 32.0 Å². The first kappa shape index (κ1) is 13.4. The molecule has 0 aromatic heterocycles. The Kier molecular flexibility index (Phi) is 5.49. The molecule has 0 radical (unpaired) electrons. The van der Waals surface area contributed by atoms with E-state index < -0.39 is 0 Å². The van der Waals surface area contributed by atoms with Gasteiger partial charge >= 0.3 is 0 Å². The van der Waals surface area contributed by atoms with Crippen LogP contribution in [0.25, 0.3) is 0 Å². The summed E-state index contributed by atoms with van der Waals surface area (Å²) in [5, 5.41) is 7.01. The van der Waals surface area contributed by atoms with Gasteiger partial charge in [-0.05, 0) is 57.0 Å². The van der Waals surface area contributed by atoms with Gasteiger partial charge in [0.25, 0.3) is 0 Å². The summed E-state index contributed by atoms with van der Waals surface area (Å²) >= 11 is 0. The van der Waals surface area contributed by atoms with Gasteiger partial charge in [0, 0.05) is 12.6 Å². The van der Waals surface area contributed by atoms with Crippen molar-refractivity contribution in [2.45, 2.75) is 32.2 Å². The summed E-state index contributed by atoms with van der Waals surface area (Å²) in [6, 6.07) is 8.87. The molecule has 0 amide bonds. The molecule has 1 saturated heterocycles. The molecule has 2 rings (SSSR count). The summed E-state index contributed by atoms with van der Waals surface area (Å²) in [5.41, 5.74) is 1.25. The first-order valence-corrected chi connectivity index (χ1v) is 6.98. The number of nitrogens with one attached hydrogen (secondary N) is 2. The summed E-state index contributed by atoms with van der Waals surface area (Å²) in [7, 11) is 0. The van der Waals surface area contributed by atoms with Crippen LogP contribution in [0.4, 0.5) is 0 Å². The second kappa shape index (κ2) is 7.39. The van der Waals surface area contributed by atoms with E-state index in [1.807, 2.05) is 12.1 Å². The lowest BCUT2D eigenvalue weighted by Gasteiger charge is -2.16. The molecule has 1 unspecified atom stereocenters. The molecule has 3 nitrogen and oxygen atoms in total. The summed E-state index contributed by atoms with van der Waals surface area (Å²) < 4.78 is 5.73. The molecule has 1 atom stereocenters. The van der Waals surface area contributed by atoms with E-state index in [2.05, 4.69) is 29.7 Å². The van der Waals surface area contributed by atoms with Crippen LogP contribution in [0.1, 0.15) is 24.8 Å². The topological polar surface area (TPSA) is 33.3 Å². The van der Waals surface area contributed by atoms with Gasteiger partial charge in [-0.3, -0.25) is 0 Å². The van der Waals surface area contributed by atoms with E-state index in [-0.39, 0.29) is 0 Å². The standard InChI is InChI=1S/C15H24N2O/c1-13-4-2-6-15(12-13)18-11-10-17-14-5-3-8-16-9-7-14/h2,4,6,12,14,16-17H,3,5,7-11H2,1H3. The van der Waals surface area contributed by atoms with Crippen molar-refractivity contribution in [3.63, 3.8) is 0 Å². The highest BCUT2D eigenvalue weighted by molar-refractivity contribution is 5.27. The number of benzene rings is 1. The normalized spacial score (nSPS) is 20.4. The third-order valence-corrected chi connectivity index (χ3v) is 3.37. The SMILES string of the molecule is Cc1cccc(OCCNC2CCCNCC2)c1. The van der Waals surface area contributed by atoms with Crippen molar-refractivity contribution in [1.82, 2.24) is 10.6 Å². The van der Waals surface area contributed by atoms with Crippen molar-refractivity contribution < 1.29 is 4.74 Å². The highest BCUT2D eigenvalue weighted by Gasteiger charge is 2.10. The summed E-state index contributed by atoms with van der Waals surface area (Å²) in [6.07, 6.45) is 3.78. The molecule has 0 spiro atoms. The van der Waals surface area contributed by atoms with Crippen LogP contribution in [0.2, 0.25) is 0 Å². The van der Waals surface area contributed by atoms with E-state index in [9.17, 15) is 0 Å². The lowest BCUT2D eigenvalue weighted by atomic mass is 10.1. The minimum absolute atomic E-state index is 0.654. The number of aryl methyl sites for hydroxylation is 1. The van der Waals surface area contributed by atoms with E-state index >= 15 is 0 Å². The number of rotatable bonds is 5. The Balaban J connectivity index is 1.63. The average Bonchev–Trinajstić information content (AvgIpc) is 2.63. The van der Waals surface area contributed by atoms with Crippen LogP contribution in [-0.2, 0) is 0 Å². The van der Waals surface area contributed by atoms with Crippen LogP contribution >= 0.6 is 0 Å². The van der Waals surface area contributed by atoms with Crippen LogP contribution in [0.5, 0.6) is 5.75 Å². The maximum absolute atomic E-state index is 5.73. The van der Waals surface area contributed by atoms with Gasteiger partial charge < -0.3 is 15.4 Å². The van der Waals surface area contributed by atoms with E-state index in [0.29, 0.717) is 6.04 Å². The second-order valence-electron chi connectivity index (χ2n) is 5.00. The van der Waals surface area contributed by atoms with Gasteiger partial charge in [0.2, 0.25) is 0 Å². The molecule has 2 N–H and O–H groups in total. The molecule has 0 saturated carbocycles. The maximum atomic E-state index is 5.73. The Morgan fingerprint density at radius 3 is 3.17 bits per heavy atom. The molecule has 1 aromatic rings. The number of hydrogen-bond acceptors (Lipinski definition) is 3. The molecular formula is C15H24N2O. The van der Waals surface area contributed by atoms with Crippen molar-refractivity contribution in [3.8, 4) is 5.75 Å². The van der Waals surface area contributed by atoms with Gasteiger partial charge in [0.05, 0.1) is 0 Å². The van der Waals surface area contributed by atoms with Gasteiger partial charge in [0.15, 0.2) is 0 Å². The van der Waals surface area contributed by atoms with Gasteiger partial charge in [-0.15, -0.1) is 0 Å². The predicted molar refractivity (Wildman–Crippen MR) is 75.2 cm³/mol. The molecule has 18 heavy (non-hydrogen) atoms. The first-order chi connectivity index (χ1) is 8.84. The summed E-state index contributed by atoms with van der Waals surface area (Å²) in [5.74, 6) is 0.972. The van der Waals surface area contributed by atoms with Gasteiger partial charge in [-0.25, -0.2) is 0 Å². The molecular weight excluding hydrogens is 224 g/mol. The molecule has 1 aliphatic heterocycles. The zero-order chi connectivity index (χ0) is 12.6. The van der Waals surface area contributed by atoms with Crippen molar-refractivity contribution in [3.05, 3.63) is 29.8 Å². The first-order valence-electron chi connectivity index (χ1n) is 6.98. The molecule has 1 fully saturated rings. The van der Waals surface area contributed by atoms with Crippen LogP contribution in [-0.4, -0.2) is 32.3 Å². The van der Waals surface area contributed by atoms with Gasteiger partial charge in [-0.1, -0.05) is 12.1 Å². The van der Waals surface area contributed by atoms with E-state index in [1.54, 1.807) is 0 Å². The summed E-state index contributed by atoms with van der Waals surface area (Å²) in [4.78, 5) is 0. The predicted octanol–water partition coefficient (Wildman–Crippen LogP) is 2.11. The van der Waals surface area contributed by atoms with Gasteiger partial charge in [-0.2, -0.15) is 0 Å². The van der Waals surface area contributed by atoms with Crippen molar-refractivity contribution in [1.29, 1.82) is 0 Å². The van der Waals surface area contributed by atoms with E-state index in [4.69, 9.17) is 4.74 Å². The molecule has 1 heterocycles. The molecule has 1 aliphatic rings. The second-order valence-corrected chi connectivity index (χ2v) is 5.00. The van der Waals surface area contributed by atoms with Crippen LogP contribution < -0.4 is 15.4 Å². The molecule has 0 aliphatic carbocycles. The van der Waals surface area contributed by atoms with Crippen molar-refractivity contribution in [2.24, 2.45) is 0 Å². The van der Waals surface area contributed by atoms with Gasteiger partial charge in [0.1, 0.15) is 12.4 Å². The fourth-order valence-electron chi connectivity index (χ4n) is 2.36. The third kappa shape index (κ3) is 4.67.